The fourth-order valence-electron chi connectivity index (χ4n) is 1.60. The molecule has 1 aromatic rings. The summed E-state index contributed by atoms with van der Waals surface area (Å²) >= 11 is 0. The maximum atomic E-state index is 11.7. The van der Waals surface area contributed by atoms with E-state index in [1.807, 2.05) is 12.1 Å². The number of carbonyl (C=O) groups excluding carboxylic acids is 2. The molecule has 0 heterocycles. The van der Waals surface area contributed by atoms with Crippen LogP contribution in [0.1, 0.15) is 42.1 Å². The lowest BCUT2D eigenvalue weighted by molar-refractivity contribution is -0.138. The van der Waals surface area contributed by atoms with Crippen LogP contribution >= 0.6 is 0 Å². The van der Waals surface area contributed by atoms with E-state index in [1.165, 1.54) is 5.56 Å². The third-order valence-electron chi connectivity index (χ3n) is 3.06. The van der Waals surface area contributed by atoms with Crippen molar-refractivity contribution in [3.05, 3.63) is 48.0 Å². The summed E-state index contributed by atoms with van der Waals surface area (Å²) in [5, 5.41) is 0. The molecule has 1 atom stereocenters. The fourth-order valence-corrected chi connectivity index (χ4v) is 1.60. The zero-order chi connectivity index (χ0) is 15.0. The summed E-state index contributed by atoms with van der Waals surface area (Å²) in [6.45, 7) is 7.59. The van der Waals surface area contributed by atoms with E-state index in [4.69, 9.17) is 9.47 Å². The summed E-state index contributed by atoms with van der Waals surface area (Å²) in [6, 6.07) is 7.37. The summed E-state index contributed by atoms with van der Waals surface area (Å²) in [5.74, 6) is -0.479. The van der Waals surface area contributed by atoms with Gasteiger partial charge in [0.1, 0.15) is 13.2 Å². The van der Waals surface area contributed by atoms with Crippen LogP contribution in [0.15, 0.2) is 36.9 Å². The molecule has 0 fully saturated rings. The molecule has 20 heavy (non-hydrogen) atoms. The van der Waals surface area contributed by atoms with Crippen LogP contribution in [0.3, 0.4) is 0 Å². The highest BCUT2D eigenvalue weighted by molar-refractivity contribution is 5.89. The first-order valence-electron chi connectivity index (χ1n) is 6.64. The molecule has 0 aliphatic rings. The van der Waals surface area contributed by atoms with E-state index in [9.17, 15) is 9.59 Å². The molecule has 0 aromatic heterocycles. The summed E-state index contributed by atoms with van der Waals surface area (Å²) in [6.07, 6.45) is 2.12. The molecule has 0 aliphatic carbocycles. The molecule has 0 aliphatic heterocycles. The highest BCUT2D eigenvalue weighted by Gasteiger charge is 2.09. The minimum Gasteiger partial charge on any atom is -0.459 e. The smallest absolute Gasteiger partial charge is 0.338 e. The number of carbonyl (C=O) groups is 2. The molecule has 1 unspecified atom stereocenters. The van der Waals surface area contributed by atoms with Crippen molar-refractivity contribution >= 4 is 11.9 Å². The van der Waals surface area contributed by atoms with Gasteiger partial charge in [0, 0.05) is 6.08 Å². The van der Waals surface area contributed by atoms with Gasteiger partial charge in [0.15, 0.2) is 0 Å². The van der Waals surface area contributed by atoms with E-state index < -0.39 is 11.9 Å². The topological polar surface area (TPSA) is 52.6 Å². The lowest BCUT2D eigenvalue weighted by Crippen LogP contribution is -2.12. The van der Waals surface area contributed by atoms with Gasteiger partial charge in [-0.2, -0.15) is 0 Å². The molecule has 0 saturated heterocycles. The third kappa shape index (κ3) is 4.88. The third-order valence-corrected chi connectivity index (χ3v) is 3.06. The van der Waals surface area contributed by atoms with Crippen molar-refractivity contribution in [3.63, 3.8) is 0 Å². The van der Waals surface area contributed by atoms with Crippen LogP contribution in [-0.4, -0.2) is 25.2 Å². The number of rotatable bonds is 7. The van der Waals surface area contributed by atoms with E-state index in [1.54, 1.807) is 12.1 Å². The maximum absolute atomic E-state index is 11.7. The Morgan fingerprint density at radius 2 is 1.80 bits per heavy atom. The Labute approximate surface area is 119 Å². The highest BCUT2D eigenvalue weighted by Crippen LogP contribution is 2.18. The predicted molar refractivity (Wildman–Crippen MR) is 76.6 cm³/mol. The van der Waals surface area contributed by atoms with Crippen molar-refractivity contribution in [2.75, 3.05) is 13.2 Å². The summed E-state index contributed by atoms with van der Waals surface area (Å²) < 4.78 is 9.71. The Morgan fingerprint density at radius 1 is 1.20 bits per heavy atom. The van der Waals surface area contributed by atoms with E-state index in [0.29, 0.717) is 11.5 Å². The molecular weight excluding hydrogens is 256 g/mol. The molecule has 1 aromatic carbocycles. The van der Waals surface area contributed by atoms with E-state index in [-0.39, 0.29) is 13.2 Å². The van der Waals surface area contributed by atoms with Crippen molar-refractivity contribution in [2.24, 2.45) is 0 Å². The van der Waals surface area contributed by atoms with E-state index in [0.717, 1.165) is 12.5 Å². The Kier molecular flexibility index (Phi) is 6.50. The molecule has 1 rings (SSSR count). The lowest BCUT2D eigenvalue weighted by atomic mass is 9.98. The van der Waals surface area contributed by atoms with Crippen LogP contribution in [0.25, 0.3) is 0 Å². The maximum Gasteiger partial charge on any atom is 0.338 e. The normalized spacial score (nSPS) is 11.5. The lowest BCUT2D eigenvalue weighted by Gasteiger charge is -2.09. The number of esters is 2. The molecule has 108 valence electrons. The molecule has 0 N–H and O–H groups in total. The predicted octanol–water partition coefficient (Wildman–Crippen LogP) is 3.09. The van der Waals surface area contributed by atoms with Gasteiger partial charge in [0.05, 0.1) is 5.56 Å². The van der Waals surface area contributed by atoms with Gasteiger partial charge in [-0.15, -0.1) is 0 Å². The van der Waals surface area contributed by atoms with Gasteiger partial charge in [0.25, 0.3) is 0 Å². The molecule has 0 bridgehead atoms. The van der Waals surface area contributed by atoms with Gasteiger partial charge in [-0.3, -0.25) is 0 Å². The van der Waals surface area contributed by atoms with Gasteiger partial charge < -0.3 is 9.47 Å². The average molecular weight is 276 g/mol. The van der Waals surface area contributed by atoms with Crippen LogP contribution in [0.2, 0.25) is 0 Å². The largest absolute Gasteiger partial charge is 0.459 e. The van der Waals surface area contributed by atoms with Crippen molar-refractivity contribution in [1.29, 1.82) is 0 Å². The fraction of sp³-hybridized carbons (Fsp3) is 0.375. The molecule has 4 heteroatoms. The van der Waals surface area contributed by atoms with Crippen LogP contribution in [0.5, 0.6) is 0 Å². The van der Waals surface area contributed by atoms with Crippen molar-refractivity contribution in [2.45, 2.75) is 26.2 Å². The second-order valence-electron chi connectivity index (χ2n) is 4.44. The highest BCUT2D eigenvalue weighted by atomic mass is 16.6. The summed E-state index contributed by atoms with van der Waals surface area (Å²) in [7, 11) is 0. The van der Waals surface area contributed by atoms with E-state index in [2.05, 4.69) is 20.4 Å². The standard InChI is InChI=1S/C16H20O4/c1-4-12(3)13-6-8-14(9-7-13)16(18)20-11-10-19-15(17)5-2/h5-9,12H,2,4,10-11H2,1,3H3. The number of ether oxygens (including phenoxy) is 2. The van der Waals surface area contributed by atoms with Gasteiger partial charge in [-0.25, -0.2) is 9.59 Å². The Morgan fingerprint density at radius 3 is 2.35 bits per heavy atom. The first-order chi connectivity index (χ1) is 9.58. The summed E-state index contributed by atoms with van der Waals surface area (Å²) in [4.78, 5) is 22.5. The van der Waals surface area contributed by atoms with Crippen molar-refractivity contribution in [1.82, 2.24) is 0 Å². The van der Waals surface area contributed by atoms with Crippen LogP contribution < -0.4 is 0 Å². The second kappa shape index (κ2) is 8.15. The number of benzene rings is 1. The average Bonchev–Trinajstić information content (AvgIpc) is 2.50. The molecular formula is C16H20O4. The van der Waals surface area contributed by atoms with Crippen LogP contribution in [0, 0.1) is 0 Å². The molecule has 0 spiro atoms. The van der Waals surface area contributed by atoms with Crippen LogP contribution in [0.4, 0.5) is 0 Å². The zero-order valence-corrected chi connectivity index (χ0v) is 11.9. The minimum atomic E-state index is -0.529. The first kappa shape index (κ1) is 16.0. The van der Waals surface area contributed by atoms with Gasteiger partial charge in [0.2, 0.25) is 0 Å². The number of hydrogen-bond donors (Lipinski definition) is 0. The van der Waals surface area contributed by atoms with E-state index >= 15 is 0 Å². The quantitative estimate of drug-likeness (QED) is 0.436. The van der Waals surface area contributed by atoms with Crippen molar-refractivity contribution < 1.29 is 19.1 Å². The molecule has 4 nitrogen and oxygen atoms in total. The number of hydrogen-bond acceptors (Lipinski definition) is 4. The first-order valence-corrected chi connectivity index (χ1v) is 6.64. The molecule has 0 amide bonds. The molecule has 0 saturated carbocycles. The second-order valence-corrected chi connectivity index (χ2v) is 4.44. The monoisotopic (exact) mass is 276 g/mol. The Balaban J connectivity index is 2.43. The van der Waals surface area contributed by atoms with Crippen molar-refractivity contribution in [3.8, 4) is 0 Å². The summed E-state index contributed by atoms with van der Waals surface area (Å²) in [5.41, 5.74) is 1.69. The molecule has 0 radical (unpaired) electrons. The SMILES string of the molecule is C=CC(=O)OCCOC(=O)c1ccc(C(C)CC)cc1. The zero-order valence-electron chi connectivity index (χ0n) is 11.9. The van der Waals surface area contributed by atoms with Gasteiger partial charge >= 0.3 is 11.9 Å². The van der Waals surface area contributed by atoms with Crippen LogP contribution in [-0.2, 0) is 14.3 Å². The Bertz CT molecular complexity index is 462. The Hall–Kier alpha value is -2.10. The van der Waals surface area contributed by atoms with Gasteiger partial charge in [-0.1, -0.05) is 32.6 Å². The minimum absolute atomic E-state index is 0.0293. The van der Waals surface area contributed by atoms with Gasteiger partial charge in [-0.05, 0) is 30.0 Å².